The van der Waals surface area contributed by atoms with E-state index < -0.39 is 0 Å². The van der Waals surface area contributed by atoms with E-state index in [2.05, 4.69) is 19.6 Å². The molecule has 0 aliphatic heterocycles. The molecule has 4 rings (SSSR count). The lowest BCUT2D eigenvalue weighted by molar-refractivity contribution is 0.601. The Bertz CT molecular complexity index is 1010. The molecule has 0 spiro atoms. The van der Waals surface area contributed by atoms with Crippen LogP contribution in [0.2, 0.25) is 0 Å². The second kappa shape index (κ2) is 4.38. The van der Waals surface area contributed by atoms with Gasteiger partial charge in [0, 0.05) is 21.7 Å². The predicted molar refractivity (Wildman–Crippen MR) is 87.5 cm³/mol. The third kappa shape index (κ3) is 1.66. The molecule has 0 bridgehead atoms. The van der Waals surface area contributed by atoms with Gasteiger partial charge in [-0.1, -0.05) is 36.9 Å². The Morgan fingerprint density at radius 2 is 1.67 bits per heavy atom. The van der Waals surface area contributed by atoms with Crippen LogP contribution in [-0.4, -0.2) is 0 Å². The minimum atomic E-state index is 0.864. The van der Waals surface area contributed by atoms with Crippen LogP contribution in [0.1, 0.15) is 11.3 Å². The van der Waals surface area contributed by atoms with Crippen molar-refractivity contribution in [1.82, 2.24) is 0 Å². The molecule has 2 aromatic heterocycles. The van der Waals surface area contributed by atoms with Crippen molar-refractivity contribution in [1.29, 1.82) is 0 Å². The van der Waals surface area contributed by atoms with Crippen LogP contribution in [0.5, 0.6) is 0 Å². The predicted octanol–water partition coefficient (Wildman–Crippen LogP) is 5.84. The average molecular weight is 274 g/mol. The van der Waals surface area contributed by atoms with Crippen LogP contribution in [0.3, 0.4) is 0 Å². The molecular formula is C19H14O2. The first kappa shape index (κ1) is 12.0. The Hall–Kier alpha value is -2.74. The van der Waals surface area contributed by atoms with Gasteiger partial charge in [-0.05, 0) is 31.2 Å². The Morgan fingerprint density at radius 3 is 2.48 bits per heavy atom. The molecule has 4 aromatic rings. The number of aryl methyl sites for hydroxylation is 1. The molecule has 2 aromatic carbocycles. The summed E-state index contributed by atoms with van der Waals surface area (Å²) in [6, 6.07) is 12.0. The van der Waals surface area contributed by atoms with Crippen molar-refractivity contribution < 1.29 is 8.83 Å². The van der Waals surface area contributed by atoms with Crippen molar-refractivity contribution in [3.8, 4) is 0 Å². The summed E-state index contributed by atoms with van der Waals surface area (Å²) in [6.45, 7) is 5.78. The number of fused-ring (bicyclic) bond motifs is 5. The summed E-state index contributed by atoms with van der Waals surface area (Å²) in [4.78, 5) is 0. The molecule has 21 heavy (non-hydrogen) atoms. The van der Waals surface area contributed by atoms with Crippen LogP contribution in [-0.2, 0) is 0 Å². The first-order chi connectivity index (χ1) is 10.3. The highest BCUT2D eigenvalue weighted by Crippen LogP contribution is 2.38. The zero-order valence-electron chi connectivity index (χ0n) is 11.7. The van der Waals surface area contributed by atoms with Gasteiger partial charge in [0.2, 0.25) is 0 Å². The van der Waals surface area contributed by atoms with Crippen LogP contribution in [0.4, 0.5) is 0 Å². The summed E-state index contributed by atoms with van der Waals surface area (Å²) < 4.78 is 11.9. The van der Waals surface area contributed by atoms with Crippen LogP contribution >= 0.6 is 0 Å². The number of furan rings is 2. The molecule has 102 valence electrons. The molecule has 0 amide bonds. The standard InChI is InChI=1S/C19H14O2/c1-3-4-8-14-12(2)18-16(20-14)10-11-17-19(18)13-7-5-6-9-15(13)21-17/h3-11H,1H2,2H3/b8-4-. The van der Waals surface area contributed by atoms with Gasteiger partial charge in [-0.3, -0.25) is 0 Å². The maximum atomic E-state index is 5.95. The SMILES string of the molecule is C=C/C=C\c1oc2ccc3oc4ccccc4c3c2c1C. The number of benzene rings is 2. The summed E-state index contributed by atoms with van der Waals surface area (Å²) in [5.74, 6) is 0.864. The third-order valence-electron chi connectivity index (χ3n) is 3.85. The van der Waals surface area contributed by atoms with E-state index in [0.717, 1.165) is 44.2 Å². The minimum absolute atomic E-state index is 0.864. The Kier molecular flexibility index (Phi) is 2.51. The van der Waals surface area contributed by atoms with Crippen molar-refractivity contribution in [2.75, 3.05) is 0 Å². The second-order valence-electron chi connectivity index (χ2n) is 5.10. The highest BCUT2D eigenvalue weighted by atomic mass is 16.3. The Morgan fingerprint density at radius 1 is 0.905 bits per heavy atom. The smallest absolute Gasteiger partial charge is 0.136 e. The van der Waals surface area contributed by atoms with Crippen molar-refractivity contribution in [3.05, 3.63) is 66.5 Å². The molecule has 0 N–H and O–H groups in total. The highest BCUT2D eigenvalue weighted by Gasteiger charge is 2.16. The van der Waals surface area contributed by atoms with E-state index in [9.17, 15) is 0 Å². The molecule has 0 unspecified atom stereocenters. The van der Waals surface area contributed by atoms with Crippen molar-refractivity contribution in [2.45, 2.75) is 6.92 Å². The molecule has 0 radical (unpaired) electrons. The zero-order valence-corrected chi connectivity index (χ0v) is 11.7. The fourth-order valence-electron chi connectivity index (χ4n) is 2.89. The number of para-hydroxylation sites is 1. The van der Waals surface area contributed by atoms with Crippen molar-refractivity contribution in [2.24, 2.45) is 0 Å². The van der Waals surface area contributed by atoms with Gasteiger partial charge in [0.25, 0.3) is 0 Å². The van der Waals surface area contributed by atoms with Crippen LogP contribution in [0.25, 0.3) is 39.0 Å². The first-order valence-corrected chi connectivity index (χ1v) is 6.92. The van der Waals surface area contributed by atoms with E-state index in [4.69, 9.17) is 8.83 Å². The molecule has 2 nitrogen and oxygen atoms in total. The summed E-state index contributed by atoms with van der Waals surface area (Å²) in [5, 5.41) is 3.38. The molecule has 2 heteroatoms. The van der Waals surface area contributed by atoms with Gasteiger partial charge >= 0.3 is 0 Å². The average Bonchev–Trinajstić information content (AvgIpc) is 3.03. The largest absolute Gasteiger partial charge is 0.456 e. The normalized spacial score (nSPS) is 12.0. The van der Waals surface area contributed by atoms with Gasteiger partial charge < -0.3 is 8.83 Å². The topological polar surface area (TPSA) is 26.3 Å². The monoisotopic (exact) mass is 274 g/mol. The Balaban J connectivity index is 2.19. The van der Waals surface area contributed by atoms with Gasteiger partial charge in [-0.2, -0.15) is 0 Å². The van der Waals surface area contributed by atoms with Gasteiger partial charge in [0.05, 0.1) is 0 Å². The lowest BCUT2D eigenvalue weighted by Crippen LogP contribution is -1.74. The third-order valence-corrected chi connectivity index (χ3v) is 3.85. The molecule has 2 heterocycles. The van der Waals surface area contributed by atoms with E-state index in [1.165, 1.54) is 0 Å². The van der Waals surface area contributed by atoms with Crippen LogP contribution < -0.4 is 0 Å². The van der Waals surface area contributed by atoms with E-state index in [1.807, 2.05) is 42.5 Å². The maximum Gasteiger partial charge on any atom is 0.136 e. The molecule has 0 saturated heterocycles. The summed E-state index contributed by atoms with van der Waals surface area (Å²) in [5.41, 5.74) is 3.81. The molecule has 0 fully saturated rings. The van der Waals surface area contributed by atoms with E-state index >= 15 is 0 Å². The quantitative estimate of drug-likeness (QED) is 0.429. The Labute approximate surface area is 122 Å². The highest BCUT2D eigenvalue weighted by molar-refractivity contribution is 6.19. The van der Waals surface area contributed by atoms with Gasteiger partial charge in [0.1, 0.15) is 22.5 Å². The maximum absolute atomic E-state index is 5.95. The number of hydrogen-bond acceptors (Lipinski definition) is 2. The molecule has 0 aliphatic carbocycles. The number of hydrogen-bond donors (Lipinski definition) is 0. The van der Waals surface area contributed by atoms with E-state index in [-0.39, 0.29) is 0 Å². The van der Waals surface area contributed by atoms with Crippen LogP contribution in [0, 0.1) is 6.92 Å². The lowest BCUT2D eigenvalue weighted by Gasteiger charge is -1.93. The first-order valence-electron chi connectivity index (χ1n) is 6.92. The molecule has 0 aliphatic rings. The lowest BCUT2D eigenvalue weighted by atomic mass is 10.0. The van der Waals surface area contributed by atoms with E-state index in [0.29, 0.717) is 0 Å². The fourth-order valence-corrected chi connectivity index (χ4v) is 2.89. The van der Waals surface area contributed by atoms with Gasteiger partial charge in [0.15, 0.2) is 0 Å². The zero-order chi connectivity index (χ0) is 14.4. The second-order valence-corrected chi connectivity index (χ2v) is 5.10. The molecular weight excluding hydrogens is 260 g/mol. The summed E-state index contributed by atoms with van der Waals surface area (Å²) >= 11 is 0. The molecule has 0 saturated carbocycles. The fraction of sp³-hybridized carbons (Fsp3) is 0.0526. The van der Waals surface area contributed by atoms with Gasteiger partial charge in [-0.15, -0.1) is 0 Å². The summed E-state index contributed by atoms with van der Waals surface area (Å²) in [7, 11) is 0. The van der Waals surface area contributed by atoms with E-state index in [1.54, 1.807) is 6.08 Å². The number of rotatable bonds is 2. The summed E-state index contributed by atoms with van der Waals surface area (Å²) in [6.07, 6.45) is 5.57. The molecule has 0 atom stereocenters. The van der Waals surface area contributed by atoms with Gasteiger partial charge in [-0.25, -0.2) is 0 Å². The van der Waals surface area contributed by atoms with Crippen molar-refractivity contribution >= 4 is 39.0 Å². The van der Waals surface area contributed by atoms with Crippen LogP contribution in [0.15, 0.2) is 64.0 Å². The van der Waals surface area contributed by atoms with Crippen molar-refractivity contribution in [3.63, 3.8) is 0 Å². The minimum Gasteiger partial charge on any atom is -0.456 e. The number of allylic oxidation sites excluding steroid dienone is 2.